The Bertz CT molecular complexity index is 1190. The monoisotopic (exact) mass is 415 g/mol. The predicted octanol–water partition coefficient (Wildman–Crippen LogP) is 5.06. The van der Waals surface area contributed by atoms with E-state index in [0.29, 0.717) is 10.6 Å². The highest BCUT2D eigenvalue weighted by Gasteiger charge is 2.18. The summed E-state index contributed by atoms with van der Waals surface area (Å²) in [6, 6.07) is 11.0. The van der Waals surface area contributed by atoms with Crippen molar-refractivity contribution in [2.75, 3.05) is 5.32 Å². The molecule has 0 atom stereocenters. The fraction of sp³-hybridized carbons (Fsp3) is 0.0500. The van der Waals surface area contributed by atoms with Gasteiger partial charge in [0, 0.05) is 5.56 Å². The molecule has 0 aliphatic rings. The average molecular weight is 415 g/mol. The Morgan fingerprint density at radius 1 is 1.03 bits per heavy atom. The second-order valence-electron chi connectivity index (χ2n) is 6.03. The Labute approximate surface area is 166 Å². The second kappa shape index (κ2) is 7.88. The maximum Gasteiger partial charge on any atom is 0.270 e. The van der Waals surface area contributed by atoms with E-state index in [1.54, 1.807) is 23.6 Å². The minimum absolute atomic E-state index is 0.0796. The van der Waals surface area contributed by atoms with E-state index in [4.69, 9.17) is 4.52 Å². The third-order valence-corrected chi connectivity index (χ3v) is 4.95. The van der Waals surface area contributed by atoms with Crippen LogP contribution in [0.15, 0.2) is 58.4 Å². The third kappa shape index (κ3) is 4.04. The van der Waals surface area contributed by atoms with Crippen LogP contribution in [0.5, 0.6) is 0 Å². The van der Waals surface area contributed by atoms with Crippen LogP contribution in [0.2, 0.25) is 0 Å². The van der Waals surface area contributed by atoms with E-state index < -0.39 is 23.4 Å². The molecule has 0 spiro atoms. The van der Waals surface area contributed by atoms with E-state index in [2.05, 4.69) is 15.5 Å². The van der Waals surface area contributed by atoms with Crippen molar-refractivity contribution < 1.29 is 22.5 Å². The second-order valence-corrected chi connectivity index (χ2v) is 6.95. The maximum absolute atomic E-state index is 13.7. The molecule has 4 aromatic rings. The van der Waals surface area contributed by atoms with Gasteiger partial charge >= 0.3 is 0 Å². The average Bonchev–Trinajstić information content (AvgIpc) is 3.35. The number of anilines is 1. The highest BCUT2D eigenvalue weighted by atomic mass is 32.1. The summed E-state index contributed by atoms with van der Waals surface area (Å²) in [6.07, 6.45) is -0.133. The molecular formula is C20H12F3N3O2S. The number of hydrogen-bond donors (Lipinski definition) is 1. The Morgan fingerprint density at radius 2 is 1.86 bits per heavy atom. The number of aromatic nitrogens is 2. The summed E-state index contributed by atoms with van der Waals surface area (Å²) in [5.41, 5.74) is 0.956. The molecule has 4 rings (SSSR count). The zero-order chi connectivity index (χ0) is 20.4. The predicted molar refractivity (Wildman–Crippen MR) is 102 cm³/mol. The van der Waals surface area contributed by atoms with Gasteiger partial charge in [0.25, 0.3) is 5.89 Å². The van der Waals surface area contributed by atoms with Crippen LogP contribution in [0.1, 0.15) is 5.56 Å². The van der Waals surface area contributed by atoms with Crippen molar-refractivity contribution in [2.45, 2.75) is 6.42 Å². The zero-order valence-corrected chi connectivity index (χ0v) is 15.5. The number of carbonyl (C=O) groups excluding carboxylic acids is 1. The van der Waals surface area contributed by atoms with Crippen LogP contribution >= 0.6 is 11.3 Å². The number of carbonyl (C=O) groups is 1. The highest BCUT2D eigenvalue weighted by molar-refractivity contribution is 7.14. The fourth-order valence-electron chi connectivity index (χ4n) is 2.65. The maximum atomic E-state index is 13.7. The molecule has 2 heterocycles. The van der Waals surface area contributed by atoms with Gasteiger partial charge in [-0.05, 0) is 41.3 Å². The molecule has 0 saturated heterocycles. The molecule has 2 aromatic heterocycles. The quantitative estimate of drug-likeness (QED) is 0.495. The lowest BCUT2D eigenvalue weighted by molar-refractivity contribution is -0.115. The summed E-state index contributed by atoms with van der Waals surface area (Å²) in [4.78, 5) is 17.0. The van der Waals surface area contributed by atoms with Crippen molar-refractivity contribution in [3.63, 3.8) is 0 Å². The van der Waals surface area contributed by atoms with E-state index in [1.807, 2.05) is 0 Å². The van der Waals surface area contributed by atoms with Crippen molar-refractivity contribution in [3.05, 3.63) is 76.9 Å². The van der Waals surface area contributed by atoms with E-state index in [9.17, 15) is 18.0 Å². The first kappa shape index (κ1) is 18.9. The lowest BCUT2D eigenvalue weighted by Gasteiger charge is -2.05. The zero-order valence-electron chi connectivity index (χ0n) is 14.7. The number of thiophene rings is 1. The lowest BCUT2D eigenvalue weighted by Crippen LogP contribution is -2.15. The van der Waals surface area contributed by atoms with Gasteiger partial charge in [0.2, 0.25) is 11.7 Å². The number of hydrogen-bond acceptors (Lipinski definition) is 5. The first-order chi connectivity index (χ1) is 14.0. The van der Waals surface area contributed by atoms with Crippen molar-refractivity contribution in [1.82, 2.24) is 10.1 Å². The van der Waals surface area contributed by atoms with Crippen molar-refractivity contribution in [2.24, 2.45) is 0 Å². The number of nitrogens with one attached hydrogen (secondary N) is 1. The summed E-state index contributed by atoms with van der Waals surface area (Å²) in [6.45, 7) is 0. The van der Waals surface area contributed by atoms with Crippen LogP contribution in [-0.2, 0) is 11.2 Å². The molecule has 0 radical (unpaired) electrons. The number of benzene rings is 2. The van der Waals surface area contributed by atoms with Crippen molar-refractivity contribution in [1.29, 1.82) is 0 Å². The van der Waals surface area contributed by atoms with Crippen LogP contribution in [0.3, 0.4) is 0 Å². The summed E-state index contributed by atoms with van der Waals surface area (Å²) >= 11 is 1.25. The van der Waals surface area contributed by atoms with Gasteiger partial charge in [-0.2, -0.15) is 4.98 Å². The molecule has 0 unspecified atom stereocenters. The molecule has 0 aliphatic carbocycles. The number of rotatable bonds is 5. The van der Waals surface area contributed by atoms with Gasteiger partial charge in [-0.15, -0.1) is 11.3 Å². The summed E-state index contributed by atoms with van der Waals surface area (Å²) in [5.74, 6) is -2.67. The minimum Gasteiger partial charge on any atom is -0.333 e. The smallest absolute Gasteiger partial charge is 0.270 e. The molecular weight excluding hydrogens is 403 g/mol. The van der Waals surface area contributed by atoms with Gasteiger partial charge in [-0.1, -0.05) is 23.4 Å². The van der Waals surface area contributed by atoms with Gasteiger partial charge in [0.1, 0.15) is 10.7 Å². The lowest BCUT2D eigenvalue weighted by atomic mass is 10.1. The summed E-state index contributed by atoms with van der Waals surface area (Å²) in [7, 11) is 0. The van der Waals surface area contributed by atoms with E-state index in [1.165, 1.54) is 29.5 Å². The van der Waals surface area contributed by atoms with E-state index >= 15 is 0 Å². The van der Waals surface area contributed by atoms with Crippen LogP contribution in [0.4, 0.5) is 18.9 Å². The Balaban J connectivity index is 1.54. The standard InChI is InChI=1S/C20H12F3N3O2S/c21-13-4-2-1-3-11(13)10-17(27)24-16-7-8-29-18(16)20-25-19(26-28-20)12-5-6-14(22)15(23)9-12/h1-9H,10H2,(H,24,27). The number of nitrogens with zero attached hydrogens (tertiary/aromatic N) is 2. The van der Waals surface area contributed by atoms with E-state index in [-0.39, 0.29) is 29.3 Å². The van der Waals surface area contributed by atoms with Gasteiger partial charge in [0.05, 0.1) is 12.1 Å². The molecule has 0 fully saturated rings. The molecule has 1 N–H and O–H groups in total. The van der Waals surface area contributed by atoms with Crippen molar-refractivity contribution in [3.8, 4) is 22.2 Å². The SMILES string of the molecule is O=C(Cc1ccccc1F)Nc1ccsc1-c1nc(-c2ccc(F)c(F)c2)no1. The van der Waals surface area contributed by atoms with Crippen LogP contribution < -0.4 is 5.32 Å². The summed E-state index contributed by atoms with van der Waals surface area (Å²) in [5, 5.41) is 8.20. The third-order valence-electron chi connectivity index (χ3n) is 4.05. The molecule has 0 bridgehead atoms. The minimum atomic E-state index is -1.02. The molecule has 9 heteroatoms. The number of halogens is 3. The fourth-order valence-corrected chi connectivity index (χ4v) is 3.42. The van der Waals surface area contributed by atoms with Gasteiger partial charge < -0.3 is 9.84 Å². The van der Waals surface area contributed by atoms with Gasteiger partial charge in [-0.3, -0.25) is 4.79 Å². The molecule has 0 aliphatic heterocycles. The van der Waals surface area contributed by atoms with Crippen LogP contribution in [0.25, 0.3) is 22.2 Å². The van der Waals surface area contributed by atoms with Crippen LogP contribution in [-0.4, -0.2) is 16.0 Å². The summed E-state index contributed by atoms with van der Waals surface area (Å²) < 4.78 is 45.5. The first-order valence-corrected chi connectivity index (χ1v) is 9.29. The van der Waals surface area contributed by atoms with E-state index in [0.717, 1.165) is 12.1 Å². The van der Waals surface area contributed by atoms with Gasteiger partial charge in [0.15, 0.2) is 11.6 Å². The Kier molecular flexibility index (Phi) is 5.13. The number of amides is 1. The molecule has 146 valence electrons. The normalized spacial score (nSPS) is 10.9. The largest absolute Gasteiger partial charge is 0.333 e. The molecule has 0 saturated carbocycles. The molecule has 1 amide bonds. The molecule has 29 heavy (non-hydrogen) atoms. The first-order valence-electron chi connectivity index (χ1n) is 8.41. The molecule has 2 aromatic carbocycles. The highest BCUT2D eigenvalue weighted by Crippen LogP contribution is 2.34. The van der Waals surface area contributed by atoms with Crippen LogP contribution in [0, 0.1) is 17.5 Å². The topological polar surface area (TPSA) is 68.0 Å². The Morgan fingerprint density at radius 3 is 2.66 bits per heavy atom. The molecule has 5 nitrogen and oxygen atoms in total. The van der Waals surface area contributed by atoms with Gasteiger partial charge in [-0.25, -0.2) is 13.2 Å². The Hall–Kier alpha value is -3.46. The van der Waals surface area contributed by atoms with Crippen molar-refractivity contribution >= 4 is 22.9 Å².